The minimum absolute atomic E-state index is 0.0210. The maximum absolute atomic E-state index is 14.0. The first-order chi connectivity index (χ1) is 27.0. The van der Waals surface area contributed by atoms with Crippen LogP contribution in [0, 0.1) is 0 Å². The largest absolute Gasteiger partial charge is 0.430 e. The van der Waals surface area contributed by atoms with E-state index in [0.717, 1.165) is 61.2 Å². The van der Waals surface area contributed by atoms with Crippen molar-refractivity contribution < 1.29 is 56.8 Å². The molecule has 24 heteroatoms. The third-order valence-electron chi connectivity index (χ3n) is 8.55. The highest BCUT2D eigenvalue weighted by molar-refractivity contribution is 7.91. The van der Waals surface area contributed by atoms with Crippen molar-refractivity contribution in [1.29, 1.82) is 0 Å². The summed E-state index contributed by atoms with van der Waals surface area (Å²) in [5.74, 6) is -3.37. The molecule has 15 nitrogen and oxygen atoms in total. The van der Waals surface area contributed by atoms with Crippen molar-refractivity contribution in [2.75, 3.05) is 17.7 Å². The minimum Gasteiger partial charge on any atom is -0.414 e. The summed E-state index contributed by atoms with van der Waals surface area (Å²) in [4.78, 5) is 33.4. The summed E-state index contributed by atoms with van der Waals surface area (Å²) in [6, 6.07) is 6.38. The summed E-state index contributed by atoms with van der Waals surface area (Å²) >= 11 is 0. The number of pyridine rings is 2. The summed E-state index contributed by atoms with van der Waals surface area (Å²) in [5.41, 5.74) is -4.56. The van der Waals surface area contributed by atoms with Crippen molar-refractivity contribution in [3.8, 4) is 23.1 Å². The quantitative estimate of drug-likeness (QED) is 0.106. The molecule has 0 saturated heterocycles. The van der Waals surface area contributed by atoms with Crippen molar-refractivity contribution >= 4 is 48.8 Å². The highest BCUT2D eigenvalue weighted by atomic mass is 32.2. The molecule has 6 aromatic rings. The molecular weight excluding hydrogens is 846 g/mol. The molecule has 306 valence electrons. The van der Waals surface area contributed by atoms with Crippen LogP contribution < -0.4 is 20.2 Å². The van der Waals surface area contributed by atoms with Crippen LogP contribution in [0.5, 0.6) is 11.5 Å². The number of rotatable bonds is 11. The number of fused-ring (bicyclic) bond motifs is 2. The number of halogens is 6. The van der Waals surface area contributed by atoms with Gasteiger partial charge in [-0.05, 0) is 24.3 Å². The number of benzene rings is 2. The maximum atomic E-state index is 14.0. The average Bonchev–Trinajstić information content (AvgIpc) is 3.17. The van der Waals surface area contributed by atoms with Crippen LogP contribution in [0.3, 0.4) is 0 Å². The Bertz CT molecular complexity index is 2830. The Morgan fingerprint density at radius 2 is 1.00 bits per heavy atom. The molecule has 4 heterocycles. The fourth-order valence-electron chi connectivity index (χ4n) is 5.43. The molecule has 0 fully saturated rings. The summed E-state index contributed by atoms with van der Waals surface area (Å²) in [6.45, 7) is 3.83. The SMILES string of the molecule is CCP(=O)(Oc1cnc(-n2ncc3ccc(C(F)(F)F)cc3c2=O)c(S(=O)(=O)CC)c1)Oc1cnc(-n2ncc3ccc(C(F)(F)F)cc3c2=O)c(S(=O)(=O)CC)c1. The van der Waals surface area contributed by atoms with Crippen molar-refractivity contribution in [3.05, 3.63) is 105 Å². The zero-order valence-electron chi connectivity index (χ0n) is 29.9. The van der Waals surface area contributed by atoms with Crippen LogP contribution in [0.25, 0.3) is 33.2 Å². The Balaban J connectivity index is 1.40. The van der Waals surface area contributed by atoms with Gasteiger partial charge in [0.25, 0.3) is 11.1 Å². The molecule has 0 amide bonds. The van der Waals surface area contributed by atoms with Crippen LogP contribution in [0.15, 0.2) is 92.7 Å². The third-order valence-corrected chi connectivity index (χ3v) is 13.8. The number of aromatic nitrogens is 6. The Kier molecular flexibility index (Phi) is 10.8. The molecule has 0 unspecified atom stereocenters. The van der Waals surface area contributed by atoms with Gasteiger partial charge in [0.05, 0.1) is 64.4 Å². The van der Waals surface area contributed by atoms with Gasteiger partial charge in [-0.15, -0.1) is 0 Å². The van der Waals surface area contributed by atoms with E-state index in [-0.39, 0.29) is 10.8 Å². The first-order valence-electron chi connectivity index (χ1n) is 16.6. The zero-order valence-corrected chi connectivity index (χ0v) is 32.5. The molecule has 2 aromatic carbocycles. The highest BCUT2D eigenvalue weighted by Crippen LogP contribution is 2.49. The zero-order chi connectivity index (χ0) is 42.6. The predicted molar refractivity (Wildman–Crippen MR) is 195 cm³/mol. The van der Waals surface area contributed by atoms with Crippen LogP contribution in [-0.4, -0.2) is 64.0 Å². The second kappa shape index (κ2) is 14.9. The number of sulfone groups is 2. The van der Waals surface area contributed by atoms with Gasteiger partial charge in [-0.25, -0.2) is 31.4 Å². The number of nitrogens with zero attached hydrogens (tertiary/aromatic N) is 6. The van der Waals surface area contributed by atoms with Crippen LogP contribution in [-0.2, 0) is 36.6 Å². The Labute approximate surface area is 323 Å². The maximum Gasteiger partial charge on any atom is 0.430 e. The molecule has 0 aliphatic rings. The summed E-state index contributed by atoms with van der Waals surface area (Å²) in [6.07, 6.45) is -6.29. The van der Waals surface area contributed by atoms with Gasteiger partial charge in [0.2, 0.25) is 0 Å². The van der Waals surface area contributed by atoms with Crippen LogP contribution in [0.1, 0.15) is 31.9 Å². The predicted octanol–water partition coefficient (Wildman–Crippen LogP) is 6.17. The molecule has 0 N–H and O–H groups in total. The first kappa shape index (κ1) is 41.9. The van der Waals surface area contributed by atoms with E-state index >= 15 is 0 Å². The number of hydrogen-bond donors (Lipinski definition) is 0. The normalized spacial score (nSPS) is 12.9. The van der Waals surface area contributed by atoms with Gasteiger partial charge < -0.3 is 9.05 Å². The van der Waals surface area contributed by atoms with Gasteiger partial charge in [-0.2, -0.15) is 45.9 Å². The summed E-state index contributed by atoms with van der Waals surface area (Å²) in [7, 11) is -13.1. The second-order valence-electron chi connectivity index (χ2n) is 12.2. The number of alkyl halides is 6. The van der Waals surface area contributed by atoms with E-state index in [9.17, 15) is 57.3 Å². The van der Waals surface area contributed by atoms with Crippen LogP contribution in [0.4, 0.5) is 26.3 Å². The van der Waals surface area contributed by atoms with E-state index in [4.69, 9.17) is 9.05 Å². The first-order valence-corrected chi connectivity index (χ1v) is 21.7. The Morgan fingerprint density at radius 3 is 1.33 bits per heavy atom. The van der Waals surface area contributed by atoms with E-state index in [1.807, 2.05) is 0 Å². The topological polar surface area (TPSA) is 199 Å². The molecule has 6 rings (SSSR count). The molecule has 0 aliphatic carbocycles. The average molecular weight is 873 g/mol. The van der Waals surface area contributed by atoms with Gasteiger partial charge in [-0.1, -0.05) is 32.9 Å². The Hall–Kier alpha value is -5.67. The van der Waals surface area contributed by atoms with E-state index < -0.39 is 123 Å². The lowest BCUT2D eigenvalue weighted by Crippen LogP contribution is -2.25. The van der Waals surface area contributed by atoms with Gasteiger partial charge in [0.15, 0.2) is 31.3 Å². The minimum atomic E-state index is -4.80. The van der Waals surface area contributed by atoms with E-state index in [2.05, 4.69) is 20.2 Å². The fraction of sp³-hybridized carbons (Fsp3) is 0.235. The molecule has 0 aliphatic heterocycles. The smallest absolute Gasteiger partial charge is 0.414 e. The van der Waals surface area contributed by atoms with Crippen molar-refractivity contribution in [3.63, 3.8) is 0 Å². The lowest BCUT2D eigenvalue weighted by Gasteiger charge is -2.20. The van der Waals surface area contributed by atoms with Gasteiger partial charge in [0.1, 0.15) is 21.3 Å². The highest BCUT2D eigenvalue weighted by Gasteiger charge is 2.34. The lowest BCUT2D eigenvalue weighted by atomic mass is 10.1. The molecule has 0 saturated carbocycles. The van der Waals surface area contributed by atoms with Crippen molar-refractivity contribution in [1.82, 2.24) is 29.5 Å². The third kappa shape index (κ3) is 8.05. The molecule has 58 heavy (non-hydrogen) atoms. The molecule has 4 aromatic heterocycles. The molecule has 0 bridgehead atoms. The van der Waals surface area contributed by atoms with E-state index in [1.54, 1.807) is 0 Å². The molecule has 0 spiro atoms. The standard InChI is InChI=1S/C34H27F6N6O9PS2/c1-4-56(49,54-23-13-27(57(50,51)5-2)29(41-17-23)45-31(47)25-11-21(33(35,36)37)9-7-19(25)15-43-45)55-24-14-28(58(52,53)6-3)30(42-18-24)46-32(48)26-12-22(34(38,39)40)10-8-20(26)16-44-46/h7-18H,4-6H2,1-3H3. The lowest BCUT2D eigenvalue weighted by molar-refractivity contribution is -0.138. The van der Waals surface area contributed by atoms with Gasteiger partial charge >= 0.3 is 19.9 Å². The summed E-state index contributed by atoms with van der Waals surface area (Å²) in [5, 5.41) is 6.95. The summed E-state index contributed by atoms with van der Waals surface area (Å²) < 4.78 is 160. The van der Waals surface area contributed by atoms with Crippen LogP contribution in [0.2, 0.25) is 0 Å². The van der Waals surface area contributed by atoms with E-state index in [1.165, 1.54) is 20.8 Å². The molecule has 0 radical (unpaired) electrons. The van der Waals surface area contributed by atoms with Crippen molar-refractivity contribution in [2.45, 2.75) is 42.9 Å². The fourth-order valence-corrected chi connectivity index (χ4v) is 8.62. The second-order valence-corrected chi connectivity index (χ2v) is 18.9. The van der Waals surface area contributed by atoms with Gasteiger partial charge in [0, 0.05) is 22.9 Å². The van der Waals surface area contributed by atoms with Crippen LogP contribution >= 0.6 is 7.60 Å². The Morgan fingerprint density at radius 1 is 0.621 bits per heavy atom. The monoisotopic (exact) mass is 872 g/mol. The number of hydrogen-bond acceptors (Lipinski definition) is 13. The van der Waals surface area contributed by atoms with Crippen molar-refractivity contribution in [2.24, 2.45) is 0 Å². The molecular formula is C34H27F6N6O9PS2. The van der Waals surface area contributed by atoms with Gasteiger partial charge in [-0.3, -0.25) is 9.59 Å². The van der Waals surface area contributed by atoms with E-state index in [0.29, 0.717) is 21.5 Å². The molecule has 0 atom stereocenters.